The minimum Gasteiger partial charge on any atom is -0.398 e. The molecule has 0 radical (unpaired) electrons. The number of para-hydroxylation sites is 1. The molecule has 0 aliphatic carbocycles. The fourth-order valence-corrected chi connectivity index (χ4v) is 1.72. The first-order valence-electron chi connectivity index (χ1n) is 5.34. The van der Waals surface area contributed by atoms with Crippen LogP contribution in [0.5, 0.6) is 0 Å². The van der Waals surface area contributed by atoms with Crippen LogP contribution in [0.25, 0.3) is 0 Å². The van der Waals surface area contributed by atoms with Gasteiger partial charge in [0.25, 0.3) is 0 Å². The van der Waals surface area contributed by atoms with Crippen molar-refractivity contribution < 1.29 is 0 Å². The Kier molecular flexibility index (Phi) is 3.22. The van der Waals surface area contributed by atoms with E-state index in [9.17, 15) is 0 Å². The normalized spacial score (nSPS) is 10.6. The summed E-state index contributed by atoms with van der Waals surface area (Å²) in [6.45, 7) is 1.41. The molecule has 1 aromatic heterocycles. The Morgan fingerprint density at radius 2 is 2.06 bits per heavy atom. The van der Waals surface area contributed by atoms with Gasteiger partial charge in [-0.3, -0.25) is 0 Å². The van der Waals surface area contributed by atoms with Crippen LogP contribution >= 0.6 is 0 Å². The van der Waals surface area contributed by atoms with Crippen molar-refractivity contribution in [2.24, 2.45) is 5.73 Å². The number of nitrogens with zero attached hydrogens (tertiary/aromatic N) is 2. The van der Waals surface area contributed by atoms with Gasteiger partial charge in [0, 0.05) is 37.6 Å². The van der Waals surface area contributed by atoms with Crippen molar-refractivity contribution in [3.63, 3.8) is 0 Å². The van der Waals surface area contributed by atoms with Gasteiger partial charge in [-0.05, 0) is 11.6 Å². The fourth-order valence-electron chi connectivity index (χ4n) is 1.72. The summed E-state index contributed by atoms with van der Waals surface area (Å²) in [5, 5.41) is 0. The first kappa shape index (κ1) is 10.7. The highest BCUT2D eigenvalue weighted by Gasteiger charge is 2.05. The van der Waals surface area contributed by atoms with Crippen molar-refractivity contribution >= 4 is 5.69 Å². The average molecular weight is 216 g/mol. The molecular weight excluding hydrogens is 200 g/mol. The zero-order valence-corrected chi connectivity index (χ0v) is 9.13. The number of nitrogen functional groups attached to an aromatic ring is 1. The lowest BCUT2D eigenvalue weighted by Gasteiger charge is -2.07. The molecule has 1 aromatic carbocycles. The smallest absolute Gasteiger partial charge is 0.113 e. The Balaban J connectivity index is 2.20. The number of anilines is 1. The van der Waals surface area contributed by atoms with Crippen LogP contribution in [-0.2, 0) is 13.0 Å². The van der Waals surface area contributed by atoms with E-state index < -0.39 is 0 Å². The van der Waals surface area contributed by atoms with E-state index in [4.69, 9.17) is 11.5 Å². The van der Waals surface area contributed by atoms with Gasteiger partial charge in [-0.1, -0.05) is 18.2 Å². The van der Waals surface area contributed by atoms with Crippen LogP contribution < -0.4 is 11.5 Å². The van der Waals surface area contributed by atoms with E-state index >= 15 is 0 Å². The van der Waals surface area contributed by atoms with Gasteiger partial charge in [-0.25, -0.2) is 4.98 Å². The molecular formula is C12H16N4. The maximum Gasteiger partial charge on any atom is 0.113 e. The van der Waals surface area contributed by atoms with E-state index in [1.807, 2.05) is 30.5 Å². The second-order valence-corrected chi connectivity index (χ2v) is 3.70. The standard InChI is InChI=1S/C12H16N4/c13-5-7-16-8-6-15-12(16)9-10-3-1-2-4-11(10)14/h1-4,6,8H,5,7,9,13-14H2. The molecule has 0 amide bonds. The Morgan fingerprint density at radius 1 is 1.25 bits per heavy atom. The van der Waals surface area contributed by atoms with Gasteiger partial charge in [0.15, 0.2) is 0 Å². The maximum atomic E-state index is 5.90. The average Bonchev–Trinajstić information content (AvgIpc) is 2.70. The molecule has 0 saturated heterocycles. The largest absolute Gasteiger partial charge is 0.398 e. The zero-order valence-electron chi connectivity index (χ0n) is 9.13. The molecule has 0 unspecified atom stereocenters. The molecule has 0 spiro atoms. The van der Waals surface area contributed by atoms with Gasteiger partial charge in [0.2, 0.25) is 0 Å². The highest BCUT2D eigenvalue weighted by molar-refractivity contribution is 5.47. The van der Waals surface area contributed by atoms with Crippen LogP contribution in [0.3, 0.4) is 0 Å². The molecule has 0 fully saturated rings. The van der Waals surface area contributed by atoms with E-state index in [0.29, 0.717) is 6.54 Å². The number of rotatable bonds is 4. The van der Waals surface area contributed by atoms with Crippen LogP contribution in [0.4, 0.5) is 5.69 Å². The number of aromatic nitrogens is 2. The van der Waals surface area contributed by atoms with Gasteiger partial charge in [0.1, 0.15) is 5.82 Å². The van der Waals surface area contributed by atoms with Crippen LogP contribution in [-0.4, -0.2) is 16.1 Å². The third kappa shape index (κ3) is 2.23. The summed E-state index contributed by atoms with van der Waals surface area (Å²) >= 11 is 0. The van der Waals surface area contributed by atoms with Crippen molar-refractivity contribution in [1.29, 1.82) is 0 Å². The van der Waals surface area contributed by atoms with Gasteiger partial charge in [0.05, 0.1) is 0 Å². The Morgan fingerprint density at radius 3 is 2.81 bits per heavy atom. The number of imidazole rings is 1. The number of hydrogen-bond acceptors (Lipinski definition) is 3. The summed E-state index contributed by atoms with van der Waals surface area (Å²) in [6, 6.07) is 7.86. The molecule has 0 aliphatic heterocycles. The summed E-state index contributed by atoms with van der Waals surface area (Å²) in [7, 11) is 0. The van der Waals surface area contributed by atoms with Crippen molar-refractivity contribution in [2.75, 3.05) is 12.3 Å². The first-order chi connectivity index (χ1) is 7.81. The maximum absolute atomic E-state index is 5.90. The third-order valence-electron chi connectivity index (χ3n) is 2.58. The van der Waals surface area contributed by atoms with Crippen LogP contribution in [0, 0.1) is 0 Å². The molecule has 1 heterocycles. The van der Waals surface area contributed by atoms with Gasteiger partial charge in [-0.2, -0.15) is 0 Å². The van der Waals surface area contributed by atoms with Crippen LogP contribution in [0.15, 0.2) is 36.7 Å². The molecule has 0 atom stereocenters. The monoisotopic (exact) mass is 216 g/mol. The lowest BCUT2D eigenvalue weighted by Crippen LogP contribution is -2.12. The molecule has 4 nitrogen and oxygen atoms in total. The predicted octanol–water partition coefficient (Wildman–Crippen LogP) is 1.01. The third-order valence-corrected chi connectivity index (χ3v) is 2.58. The topological polar surface area (TPSA) is 69.9 Å². The highest BCUT2D eigenvalue weighted by Crippen LogP contribution is 2.14. The van der Waals surface area contributed by atoms with Gasteiger partial charge >= 0.3 is 0 Å². The molecule has 0 saturated carbocycles. The van der Waals surface area contributed by atoms with E-state index in [0.717, 1.165) is 30.0 Å². The summed E-state index contributed by atoms with van der Waals surface area (Å²) in [5.41, 5.74) is 13.4. The van der Waals surface area contributed by atoms with Crippen LogP contribution in [0.2, 0.25) is 0 Å². The lowest BCUT2D eigenvalue weighted by molar-refractivity contribution is 0.672. The van der Waals surface area contributed by atoms with Gasteiger partial charge in [-0.15, -0.1) is 0 Å². The molecule has 4 N–H and O–H groups in total. The number of hydrogen-bond donors (Lipinski definition) is 2. The van der Waals surface area contributed by atoms with E-state index in [2.05, 4.69) is 9.55 Å². The van der Waals surface area contributed by atoms with Crippen molar-refractivity contribution in [3.8, 4) is 0 Å². The second-order valence-electron chi connectivity index (χ2n) is 3.70. The fraction of sp³-hybridized carbons (Fsp3) is 0.250. The van der Waals surface area contributed by atoms with E-state index in [-0.39, 0.29) is 0 Å². The van der Waals surface area contributed by atoms with Gasteiger partial charge < -0.3 is 16.0 Å². The second kappa shape index (κ2) is 4.81. The summed E-state index contributed by atoms with van der Waals surface area (Å²) in [5.74, 6) is 1.00. The summed E-state index contributed by atoms with van der Waals surface area (Å²) in [6.07, 6.45) is 4.49. The summed E-state index contributed by atoms with van der Waals surface area (Å²) < 4.78 is 2.06. The molecule has 0 aliphatic rings. The Labute approximate surface area is 94.9 Å². The molecule has 84 valence electrons. The molecule has 2 aromatic rings. The zero-order chi connectivity index (χ0) is 11.4. The molecule has 4 heteroatoms. The molecule has 0 bridgehead atoms. The summed E-state index contributed by atoms with van der Waals surface area (Å²) in [4.78, 5) is 4.32. The quantitative estimate of drug-likeness (QED) is 0.749. The van der Waals surface area contributed by atoms with Crippen LogP contribution in [0.1, 0.15) is 11.4 Å². The minimum atomic E-state index is 0.619. The van der Waals surface area contributed by atoms with Crippen molar-refractivity contribution in [1.82, 2.24) is 9.55 Å². The Hall–Kier alpha value is -1.81. The van der Waals surface area contributed by atoms with Crippen molar-refractivity contribution in [3.05, 3.63) is 48.0 Å². The van der Waals surface area contributed by atoms with Crippen molar-refractivity contribution in [2.45, 2.75) is 13.0 Å². The lowest BCUT2D eigenvalue weighted by atomic mass is 10.1. The number of nitrogens with two attached hydrogens (primary N) is 2. The van der Waals surface area contributed by atoms with E-state index in [1.54, 1.807) is 6.20 Å². The SMILES string of the molecule is NCCn1ccnc1Cc1ccccc1N. The number of benzene rings is 1. The predicted molar refractivity (Wildman–Crippen MR) is 64.9 cm³/mol. The highest BCUT2D eigenvalue weighted by atomic mass is 15.1. The molecule has 16 heavy (non-hydrogen) atoms. The van der Waals surface area contributed by atoms with E-state index in [1.165, 1.54) is 0 Å². The molecule has 2 rings (SSSR count). The Bertz CT molecular complexity index is 462. The first-order valence-corrected chi connectivity index (χ1v) is 5.34. The minimum absolute atomic E-state index is 0.619.